The fourth-order valence-corrected chi connectivity index (χ4v) is 1.79. The van der Waals surface area contributed by atoms with E-state index in [2.05, 4.69) is 31.9 Å². The van der Waals surface area contributed by atoms with Gasteiger partial charge in [-0.2, -0.15) is 0 Å². The highest BCUT2D eigenvalue weighted by atomic mass is 79.9. The van der Waals surface area contributed by atoms with Crippen molar-refractivity contribution < 1.29 is 14.3 Å². The molecule has 0 spiro atoms. The lowest BCUT2D eigenvalue weighted by molar-refractivity contribution is -0.107. The van der Waals surface area contributed by atoms with Crippen LogP contribution in [0.1, 0.15) is 29.3 Å². The molecule has 0 unspecified atom stereocenters. The van der Waals surface area contributed by atoms with Crippen LogP contribution in [-0.2, 0) is 16.0 Å². The fourth-order valence-electron chi connectivity index (χ4n) is 1.39. The molecule has 1 aromatic rings. The minimum atomic E-state index is -0.667. The first-order valence-corrected chi connectivity index (χ1v) is 7.17. The van der Waals surface area contributed by atoms with Crippen LogP contribution in [-0.4, -0.2) is 22.1 Å². The molecular formula is C13H14Br2O3. The van der Waals surface area contributed by atoms with Crippen LogP contribution in [0.15, 0.2) is 24.3 Å². The number of rotatable bonds is 6. The molecule has 0 bridgehead atoms. The topological polar surface area (TPSA) is 43.4 Å². The summed E-state index contributed by atoms with van der Waals surface area (Å²) in [5.74, 6) is -0.313. The molecule has 3 nitrogen and oxygen atoms in total. The highest BCUT2D eigenvalue weighted by Gasteiger charge is 2.20. The minimum absolute atomic E-state index is 0.313. The molecule has 0 saturated heterocycles. The number of halogens is 2. The molecule has 0 heterocycles. The molecule has 5 heteroatoms. The summed E-state index contributed by atoms with van der Waals surface area (Å²) in [6.45, 7) is 2.15. The Labute approximate surface area is 123 Å². The first kappa shape index (κ1) is 15.4. The second kappa shape index (κ2) is 7.04. The maximum atomic E-state index is 11.4. The van der Waals surface area contributed by atoms with E-state index >= 15 is 0 Å². The van der Waals surface area contributed by atoms with Gasteiger partial charge in [0.2, 0.25) is 0 Å². The molecule has 0 amide bonds. The van der Waals surface area contributed by atoms with Crippen molar-refractivity contribution in [2.24, 2.45) is 0 Å². The average Bonchev–Trinajstić information content (AvgIpc) is 2.37. The number of ether oxygens (including phenoxy) is 1. The van der Waals surface area contributed by atoms with E-state index in [9.17, 15) is 9.59 Å². The number of hydrogen-bond acceptors (Lipinski definition) is 3. The number of benzene rings is 1. The van der Waals surface area contributed by atoms with Crippen LogP contribution in [0.5, 0.6) is 0 Å². The molecule has 0 aliphatic heterocycles. The van der Waals surface area contributed by atoms with Crippen LogP contribution in [0.2, 0.25) is 0 Å². The Hall–Kier alpha value is -0.680. The van der Waals surface area contributed by atoms with Gasteiger partial charge in [-0.15, -0.1) is 0 Å². The van der Waals surface area contributed by atoms with Crippen LogP contribution in [0, 0.1) is 0 Å². The molecule has 98 valence electrons. The molecule has 0 N–H and O–H groups in total. The Kier molecular flexibility index (Phi) is 6.02. The van der Waals surface area contributed by atoms with E-state index in [1.54, 1.807) is 19.1 Å². The summed E-state index contributed by atoms with van der Waals surface area (Å²) in [7, 11) is 0. The largest absolute Gasteiger partial charge is 0.462 e. The molecule has 0 radical (unpaired) electrons. The summed E-state index contributed by atoms with van der Waals surface area (Å²) < 4.78 is 4.23. The van der Waals surface area contributed by atoms with E-state index in [1.165, 1.54) is 0 Å². The summed E-state index contributed by atoms with van der Waals surface area (Å²) >= 11 is 6.54. The van der Waals surface area contributed by atoms with Crippen molar-refractivity contribution in [1.82, 2.24) is 0 Å². The summed E-state index contributed by atoms with van der Waals surface area (Å²) in [6, 6.07) is 7.21. The van der Waals surface area contributed by atoms with Crippen molar-refractivity contribution in [2.45, 2.75) is 23.0 Å². The number of aryl methyl sites for hydroxylation is 1. The molecule has 0 fully saturated rings. The van der Waals surface area contributed by atoms with Crippen LogP contribution in [0.3, 0.4) is 0 Å². The maximum absolute atomic E-state index is 11.4. The van der Waals surface area contributed by atoms with E-state index in [0.29, 0.717) is 18.6 Å². The second-order valence-electron chi connectivity index (χ2n) is 3.80. The van der Waals surface area contributed by atoms with Crippen molar-refractivity contribution in [1.29, 1.82) is 0 Å². The van der Waals surface area contributed by atoms with Gasteiger partial charge in [-0.05, 0) is 37.5 Å². The van der Waals surface area contributed by atoms with Gasteiger partial charge in [0.05, 0.1) is 12.2 Å². The lowest BCUT2D eigenvalue weighted by Crippen LogP contribution is -2.13. The number of hydrogen-bond donors (Lipinski definition) is 0. The van der Waals surface area contributed by atoms with E-state index in [4.69, 9.17) is 4.74 Å². The van der Waals surface area contributed by atoms with Gasteiger partial charge in [-0.3, -0.25) is 0 Å². The van der Waals surface area contributed by atoms with Crippen molar-refractivity contribution in [3.63, 3.8) is 0 Å². The molecule has 0 aliphatic rings. The van der Waals surface area contributed by atoms with E-state index < -0.39 is 3.23 Å². The highest BCUT2D eigenvalue weighted by molar-refractivity contribution is 9.25. The van der Waals surface area contributed by atoms with Gasteiger partial charge >= 0.3 is 5.97 Å². The molecule has 0 saturated carbocycles. The molecule has 1 aromatic carbocycles. The molecule has 18 heavy (non-hydrogen) atoms. The van der Waals surface area contributed by atoms with Crippen LogP contribution >= 0.6 is 31.9 Å². The number of alkyl halides is 2. The summed E-state index contributed by atoms with van der Waals surface area (Å²) in [5, 5.41) is 0. The van der Waals surface area contributed by atoms with Gasteiger partial charge in [-0.1, -0.05) is 44.0 Å². The van der Waals surface area contributed by atoms with Crippen molar-refractivity contribution in [3.8, 4) is 0 Å². The average molecular weight is 378 g/mol. The SMILES string of the molecule is CCOC(=O)c1ccc(CCC(Br)(Br)C=O)cc1. The zero-order chi connectivity index (χ0) is 13.6. The molecular weight excluding hydrogens is 364 g/mol. The standard InChI is InChI=1S/C13H14Br2O3/c1-2-18-12(17)11-5-3-10(4-6-11)7-8-13(14,15)9-16/h3-6,9H,2,7-8H2,1H3. The Morgan fingerprint density at radius 3 is 2.44 bits per heavy atom. The van der Waals surface area contributed by atoms with E-state index in [-0.39, 0.29) is 5.97 Å². The molecule has 0 aromatic heterocycles. The summed E-state index contributed by atoms with van der Waals surface area (Å²) in [4.78, 5) is 22.1. The molecule has 0 atom stereocenters. The molecule has 0 aliphatic carbocycles. The Morgan fingerprint density at radius 2 is 1.94 bits per heavy atom. The third kappa shape index (κ3) is 4.90. The fraction of sp³-hybridized carbons (Fsp3) is 0.385. The van der Waals surface area contributed by atoms with Gasteiger partial charge in [0.25, 0.3) is 0 Å². The minimum Gasteiger partial charge on any atom is -0.462 e. The Morgan fingerprint density at radius 1 is 1.33 bits per heavy atom. The predicted molar refractivity (Wildman–Crippen MR) is 77.4 cm³/mol. The van der Waals surface area contributed by atoms with Crippen molar-refractivity contribution in [2.75, 3.05) is 6.61 Å². The Balaban J connectivity index is 2.61. The monoisotopic (exact) mass is 376 g/mol. The zero-order valence-electron chi connectivity index (χ0n) is 9.99. The lowest BCUT2D eigenvalue weighted by atomic mass is 10.1. The highest BCUT2D eigenvalue weighted by Crippen LogP contribution is 2.29. The maximum Gasteiger partial charge on any atom is 0.338 e. The van der Waals surface area contributed by atoms with Gasteiger partial charge in [0, 0.05) is 0 Å². The quantitative estimate of drug-likeness (QED) is 0.433. The first-order chi connectivity index (χ1) is 8.48. The van der Waals surface area contributed by atoms with Crippen LogP contribution in [0.4, 0.5) is 0 Å². The predicted octanol–water partition coefficient (Wildman–Crippen LogP) is 3.48. The van der Waals surface area contributed by atoms with Gasteiger partial charge in [-0.25, -0.2) is 4.79 Å². The molecule has 1 rings (SSSR count). The van der Waals surface area contributed by atoms with Crippen LogP contribution in [0.25, 0.3) is 0 Å². The Bertz CT molecular complexity index is 413. The smallest absolute Gasteiger partial charge is 0.338 e. The van der Waals surface area contributed by atoms with Crippen molar-refractivity contribution >= 4 is 44.1 Å². The zero-order valence-corrected chi connectivity index (χ0v) is 13.2. The summed E-state index contributed by atoms with van der Waals surface area (Å²) in [6.07, 6.45) is 2.19. The van der Waals surface area contributed by atoms with Crippen molar-refractivity contribution in [3.05, 3.63) is 35.4 Å². The number of carbonyl (C=O) groups excluding carboxylic acids is 2. The third-order valence-electron chi connectivity index (χ3n) is 2.38. The number of aldehydes is 1. The van der Waals surface area contributed by atoms with E-state index in [1.807, 2.05) is 12.1 Å². The van der Waals surface area contributed by atoms with E-state index in [0.717, 1.165) is 18.3 Å². The second-order valence-corrected chi connectivity index (χ2v) is 7.69. The van der Waals surface area contributed by atoms with Gasteiger partial charge in [0.1, 0.15) is 9.52 Å². The van der Waals surface area contributed by atoms with Gasteiger partial charge in [0.15, 0.2) is 0 Å². The third-order valence-corrected chi connectivity index (χ3v) is 3.55. The van der Waals surface area contributed by atoms with Crippen LogP contribution < -0.4 is 0 Å². The summed E-state index contributed by atoms with van der Waals surface area (Å²) in [5.41, 5.74) is 1.60. The first-order valence-electron chi connectivity index (χ1n) is 5.58. The number of carbonyl (C=O) groups is 2. The number of esters is 1. The lowest BCUT2D eigenvalue weighted by Gasteiger charge is -2.12. The van der Waals surface area contributed by atoms with Gasteiger partial charge < -0.3 is 9.53 Å². The normalized spacial score (nSPS) is 11.1.